The average molecular weight is 342 g/mol. The Bertz CT molecular complexity index is 441. The minimum Gasteiger partial charge on any atom is -0.496 e. The summed E-state index contributed by atoms with van der Waals surface area (Å²) < 4.78 is 6.58. The van der Waals surface area contributed by atoms with Crippen molar-refractivity contribution in [2.75, 3.05) is 46.9 Å². The summed E-state index contributed by atoms with van der Waals surface area (Å²) >= 11 is 3.55. The Morgan fingerprint density at radius 3 is 2.80 bits per heavy atom. The quantitative estimate of drug-likeness (QED) is 0.910. The van der Waals surface area contributed by atoms with Gasteiger partial charge in [-0.25, -0.2) is 0 Å². The van der Waals surface area contributed by atoms with Gasteiger partial charge < -0.3 is 15.4 Å². The summed E-state index contributed by atoms with van der Waals surface area (Å²) in [6.45, 7) is 4.99. The first-order valence-electron chi connectivity index (χ1n) is 7.11. The van der Waals surface area contributed by atoms with Crippen LogP contribution in [0.15, 0.2) is 22.7 Å². The molecule has 0 aromatic heterocycles. The summed E-state index contributed by atoms with van der Waals surface area (Å²) in [4.78, 5) is 4.86. The average Bonchev–Trinajstić information content (AvgIpc) is 2.65. The van der Waals surface area contributed by atoms with Gasteiger partial charge in [0.1, 0.15) is 5.75 Å². The zero-order chi connectivity index (χ0) is 14.5. The molecule has 1 saturated heterocycles. The van der Waals surface area contributed by atoms with Crippen LogP contribution in [-0.2, 0) is 0 Å². The fraction of sp³-hybridized carbons (Fsp3) is 0.600. The Morgan fingerprint density at radius 2 is 2.10 bits per heavy atom. The van der Waals surface area contributed by atoms with Gasteiger partial charge in [0.2, 0.25) is 0 Å². The normalized spacial score (nSPS) is 19.6. The van der Waals surface area contributed by atoms with Crippen LogP contribution in [0.5, 0.6) is 5.75 Å². The van der Waals surface area contributed by atoms with Crippen LogP contribution in [0.1, 0.15) is 18.0 Å². The van der Waals surface area contributed by atoms with E-state index in [0.29, 0.717) is 6.54 Å². The second kappa shape index (κ2) is 7.41. The minimum absolute atomic E-state index is 0.217. The van der Waals surface area contributed by atoms with Crippen molar-refractivity contribution in [3.05, 3.63) is 28.2 Å². The number of likely N-dealkylation sites (N-methyl/N-ethyl adjacent to an activating group) is 1. The summed E-state index contributed by atoms with van der Waals surface area (Å²) in [6, 6.07) is 6.36. The van der Waals surface area contributed by atoms with Crippen molar-refractivity contribution in [2.45, 2.75) is 12.5 Å². The Kier molecular flexibility index (Phi) is 5.84. The van der Waals surface area contributed by atoms with E-state index in [4.69, 9.17) is 10.5 Å². The van der Waals surface area contributed by atoms with Gasteiger partial charge in [0, 0.05) is 36.2 Å². The smallest absolute Gasteiger partial charge is 0.123 e. The Balaban J connectivity index is 2.24. The first-order valence-corrected chi connectivity index (χ1v) is 7.91. The molecule has 0 aliphatic carbocycles. The highest BCUT2D eigenvalue weighted by atomic mass is 79.9. The van der Waals surface area contributed by atoms with Gasteiger partial charge in [-0.15, -0.1) is 0 Å². The number of nitrogens with zero attached hydrogens (tertiary/aromatic N) is 2. The molecule has 1 fully saturated rings. The molecular weight excluding hydrogens is 318 g/mol. The monoisotopic (exact) mass is 341 g/mol. The van der Waals surface area contributed by atoms with Gasteiger partial charge in [0.05, 0.1) is 13.2 Å². The summed E-state index contributed by atoms with van der Waals surface area (Å²) in [6.07, 6.45) is 1.18. The third-order valence-corrected chi connectivity index (χ3v) is 4.46. The van der Waals surface area contributed by atoms with Crippen molar-refractivity contribution in [1.29, 1.82) is 0 Å². The van der Waals surface area contributed by atoms with Gasteiger partial charge >= 0.3 is 0 Å². The van der Waals surface area contributed by atoms with Crippen LogP contribution in [0.25, 0.3) is 0 Å². The molecule has 1 aliphatic heterocycles. The van der Waals surface area contributed by atoms with Gasteiger partial charge in [-0.2, -0.15) is 0 Å². The van der Waals surface area contributed by atoms with Crippen molar-refractivity contribution in [2.24, 2.45) is 5.73 Å². The number of hydrogen-bond acceptors (Lipinski definition) is 4. The zero-order valence-corrected chi connectivity index (χ0v) is 13.9. The van der Waals surface area contributed by atoms with E-state index in [9.17, 15) is 0 Å². The third-order valence-electron chi connectivity index (χ3n) is 3.97. The fourth-order valence-corrected chi connectivity index (χ4v) is 3.20. The van der Waals surface area contributed by atoms with E-state index in [1.165, 1.54) is 12.0 Å². The molecule has 0 radical (unpaired) electrons. The third kappa shape index (κ3) is 3.73. The molecule has 2 rings (SSSR count). The van der Waals surface area contributed by atoms with Crippen molar-refractivity contribution in [3.8, 4) is 5.75 Å². The largest absolute Gasteiger partial charge is 0.496 e. The highest BCUT2D eigenvalue weighted by molar-refractivity contribution is 9.10. The molecule has 1 unspecified atom stereocenters. The predicted octanol–water partition coefficient (Wildman–Crippen LogP) is 2.09. The molecule has 20 heavy (non-hydrogen) atoms. The number of methoxy groups -OCH3 is 1. The maximum absolute atomic E-state index is 6.07. The van der Waals surface area contributed by atoms with Gasteiger partial charge in [-0.05, 0) is 38.2 Å². The molecule has 0 bridgehead atoms. The molecule has 1 aromatic rings. The fourth-order valence-electron chi connectivity index (χ4n) is 2.82. The lowest BCUT2D eigenvalue weighted by atomic mass is 10.0. The molecule has 112 valence electrons. The second-order valence-electron chi connectivity index (χ2n) is 5.33. The molecule has 1 heterocycles. The van der Waals surface area contributed by atoms with Gasteiger partial charge in [-0.1, -0.05) is 15.9 Å². The highest BCUT2D eigenvalue weighted by Gasteiger charge is 2.24. The van der Waals surface area contributed by atoms with Gasteiger partial charge in [-0.3, -0.25) is 4.90 Å². The lowest BCUT2D eigenvalue weighted by molar-refractivity contribution is 0.204. The molecule has 0 amide bonds. The lowest BCUT2D eigenvalue weighted by Gasteiger charge is -2.31. The molecule has 1 atom stereocenters. The van der Waals surface area contributed by atoms with Crippen LogP contribution in [0.3, 0.4) is 0 Å². The number of nitrogens with two attached hydrogens (primary N) is 1. The van der Waals surface area contributed by atoms with E-state index in [0.717, 1.165) is 36.4 Å². The Labute approximate surface area is 130 Å². The Morgan fingerprint density at radius 1 is 1.30 bits per heavy atom. The summed E-state index contributed by atoms with van der Waals surface area (Å²) in [5.41, 5.74) is 7.24. The maximum atomic E-state index is 6.07. The number of ether oxygens (including phenoxy) is 1. The van der Waals surface area contributed by atoms with Crippen LogP contribution in [0, 0.1) is 0 Å². The molecule has 0 saturated carbocycles. The van der Waals surface area contributed by atoms with Crippen molar-refractivity contribution in [3.63, 3.8) is 0 Å². The van der Waals surface area contributed by atoms with Gasteiger partial charge in [0.25, 0.3) is 0 Å². The number of benzene rings is 1. The van der Waals surface area contributed by atoms with Crippen LogP contribution in [0.2, 0.25) is 0 Å². The molecule has 0 spiro atoms. The van der Waals surface area contributed by atoms with Crippen molar-refractivity contribution < 1.29 is 4.74 Å². The maximum Gasteiger partial charge on any atom is 0.123 e. The zero-order valence-electron chi connectivity index (χ0n) is 12.3. The van der Waals surface area contributed by atoms with E-state index in [2.05, 4.69) is 38.8 Å². The molecule has 4 nitrogen and oxygen atoms in total. The predicted molar refractivity (Wildman–Crippen MR) is 86.2 cm³/mol. The van der Waals surface area contributed by atoms with Crippen LogP contribution in [-0.4, -0.2) is 56.7 Å². The minimum atomic E-state index is 0.217. The van der Waals surface area contributed by atoms with E-state index in [1.54, 1.807) is 7.11 Å². The molecule has 2 N–H and O–H groups in total. The summed E-state index contributed by atoms with van der Waals surface area (Å²) in [5.74, 6) is 0.918. The van der Waals surface area contributed by atoms with E-state index >= 15 is 0 Å². The number of halogens is 1. The molecule has 1 aromatic carbocycles. The van der Waals surface area contributed by atoms with Gasteiger partial charge in [0.15, 0.2) is 0 Å². The van der Waals surface area contributed by atoms with Crippen molar-refractivity contribution in [1.82, 2.24) is 9.80 Å². The second-order valence-corrected chi connectivity index (χ2v) is 6.25. The molecule has 5 heteroatoms. The molecule has 1 aliphatic rings. The van der Waals surface area contributed by atoms with Crippen LogP contribution in [0.4, 0.5) is 0 Å². The highest BCUT2D eigenvalue weighted by Crippen LogP contribution is 2.32. The van der Waals surface area contributed by atoms with E-state index < -0.39 is 0 Å². The first-order chi connectivity index (χ1) is 9.65. The molecular formula is C15H24BrN3O. The SMILES string of the molecule is COc1ccc(Br)cc1C(CN)N1CCCN(C)CC1. The summed E-state index contributed by atoms with van der Waals surface area (Å²) in [7, 11) is 3.90. The lowest BCUT2D eigenvalue weighted by Crippen LogP contribution is -2.36. The number of hydrogen-bond donors (Lipinski definition) is 1. The topological polar surface area (TPSA) is 41.7 Å². The standard InChI is InChI=1S/C15H24BrN3O/c1-18-6-3-7-19(9-8-18)14(11-17)13-10-12(16)4-5-15(13)20-2/h4-5,10,14H,3,6-9,11,17H2,1-2H3. The van der Waals surface area contributed by atoms with Crippen molar-refractivity contribution >= 4 is 15.9 Å². The van der Waals surface area contributed by atoms with E-state index in [-0.39, 0.29) is 6.04 Å². The first kappa shape index (κ1) is 15.8. The van der Waals surface area contributed by atoms with Crippen LogP contribution >= 0.6 is 15.9 Å². The Hall–Kier alpha value is -0.620. The summed E-state index contributed by atoms with van der Waals surface area (Å²) in [5, 5.41) is 0. The number of rotatable bonds is 4. The van der Waals surface area contributed by atoms with Crippen LogP contribution < -0.4 is 10.5 Å². The van der Waals surface area contributed by atoms with E-state index in [1.807, 2.05) is 12.1 Å².